The average molecular weight is 403 g/mol. The zero-order valence-corrected chi connectivity index (χ0v) is 17.0. The van der Waals surface area contributed by atoms with Crippen LogP contribution in [-0.2, 0) is 6.54 Å². The molecule has 29 heavy (non-hydrogen) atoms. The molecule has 0 amide bonds. The summed E-state index contributed by atoms with van der Waals surface area (Å²) in [5.41, 5.74) is 4.18. The second-order valence-corrected chi connectivity index (χ2v) is 7.59. The van der Waals surface area contributed by atoms with E-state index in [4.69, 9.17) is 16.3 Å². The van der Waals surface area contributed by atoms with Gasteiger partial charge in [-0.3, -0.25) is 4.90 Å². The van der Waals surface area contributed by atoms with Crippen molar-refractivity contribution >= 4 is 11.6 Å². The van der Waals surface area contributed by atoms with Crippen LogP contribution in [0.2, 0.25) is 5.02 Å². The van der Waals surface area contributed by atoms with Crippen LogP contribution in [0, 0.1) is 11.8 Å². The van der Waals surface area contributed by atoms with Gasteiger partial charge >= 0.3 is 0 Å². The van der Waals surface area contributed by atoms with Gasteiger partial charge in [-0.05, 0) is 73.3 Å². The summed E-state index contributed by atoms with van der Waals surface area (Å²) in [6, 6.07) is 20.0. The highest BCUT2D eigenvalue weighted by molar-refractivity contribution is 6.30. The molecule has 3 aromatic rings. The first-order valence-corrected chi connectivity index (χ1v) is 10.3. The number of benzene rings is 2. The highest BCUT2D eigenvalue weighted by Crippen LogP contribution is 2.21. The minimum Gasteiger partial charge on any atom is -0.481 e. The van der Waals surface area contributed by atoms with E-state index in [0.29, 0.717) is 6.61 Å². The van der Waals surface area contributed by atoms with E-state index in [2.05, 4.69) is 33.9 Å². The number of ether oxygens (including phenoxy) is 1. The molecule has 0 spiro atoms. The Morgan fingerprint density at radius 2 is 1.62 bits per heavy atom. The van der Waals surface area contributed by atoms with Gasteiger partial charge in [-0.15, -0.1) is 0 Å². The third kappa shape index (κ3) is 5.60. The zero-order valence-electron chi connectivity index (χ0n) is 16.3. The summed E-state index contributed by atoms with van der Waals surface area (Å²) >= 11 is 5.93. The lowest BCUT2D eigenvalue weighted by atomic mass is 10.1. The lowest BCUT2D eigenvalue weighted by Crippen LogP contribution is -2.18. The lowest BCUT2D eigenvalue weighted by Gasteiger charge is -2.14. The summed E-state index contributed by atoms with van der Waals surface area (Å²) in [5.74, 6) is 6.92. The van der Waals surface area contributed by atoms with Gasteiger partial charge in [0.1, 0.15) is 18.1 Å². The van der Waals surface area contributed by atoms with Crippen molar-refractivity contribution in [3.63, 3.8) is 0 Å². The predicted molar refractivity (Wildman–Crippen MR) is 118 cm³/mol. The molecule has 1 saturated heterocycles. The molecule has 146 valence electrons. The van der Waals surface area contributed by atoms with Gasteiger partial charge in [-0.2, -0.15) is 0 Å². The van der Waals surface area contributed by atoms with Crippen LogP contribution in [0.1, 0.15) is 24.1 Å². The van der Waals surface area contributed by atoms with Crippen molar-refractivity contribution in [2.45, 2.75) is 19.4 Å². The number of nitrogens with zero attached hydrogens (tertiary/aromatic N) is 2. The summed E-state index contributed by atoms with van der Waals surface area (Å²) in [6.45, 7) is 3.79. The highest BCUT2D eigenvalue weighted by Gasteiger charge is 2.11. The SMILES string of the molecule is Clc1ccc(-c2ccc(C#CCOc3ccc(CN4CCCC4)cc3)nc2)cc1. The molecule has 0 radical (unpaired) electrons. The van der Waals surface area contributed by atoms with Crippen LogP contribution in [0.4, 0.5) is 0 Å². The molecule has 2 heterocycles. The minimum atomic E-state index is 0.339. The summed E-state index contributed by atoms with van der Waals surface area (Å²) in [6.07, 6.45) is 4.46. The standard InChI is InChI=1S/C25H23ClN2O/c26-23-10-7-21(8-11-23)22-9-12-24(27-18-22)4-3-17-29-25-13-5-20(6-14-25)19-28-15-1-2-16-28/h5-14,18H,1-2,15-17,19H2. The monoisotopic (exact) mass is 402 g/mol. The molecule has 1 fully saturated rings. The topological polar surface area (TPSA) is 25.4 Å². The Kier molecular flexibility index (Phi) is 6.46. The molecule has 0 unspecified atom stereocenters. The van der Waals surface area contributed by atoms with Gasteiger partial charge in [0.05, 0.1) is 0 Å². The van der Waals surface area contributed by atoms with Crippen molar-refractivity contribution in [3.05, 3.63) is 83.1 Å². The number of hydrogen-bond donors (Lipinski definition) is 0. The quantitative estimate of drug-likeness (QED) is 0.532. The summed E-state index contributed by atoms with van der Waals surface area (Å²) in [7, 11) is 0. The van der Waals surface area contributed by atoms with E-state index in [9.17, 15) is 0 Å². The van der Waals surface area contributed by atoms with Crippen molar-refractivity contribution in [3.8, 4) is 28.7 Å². The van der Waals surface area contributed by atoms with Crippen LogP contribution < -0.4 is 4.74 Å². The first-order chi connectivity index (χ1) is 14.3. The molecule has 4 heteroatoms. The number of halogens is 1. The number of hydrogen-bond acceptors (Lipinski definition) is 3. The molecule has 0 N–H and O–H groups in total. The molecular formula is C25H23ClN2O. The van der Waals surface area contributed by atoms with E-state index >= 15 is 0 Å². The van der Waals surface area contributed by atoms with Gasteiger partial charge in [-0.1, -0.05) is 47.9 Å². The Morgan fingerprint density at radius 3 is 2.31 bits per heavy atom. The van der Waals surface area contributed by atoms with Crippen LogP contribution in [0.5, 0.6) is 5.75 Å². The Balaban J connectivity index is 1.28. The van der Waals surface area contributed by atoms with Crippen molar-refractivity contribution in [2.75, 3.05) is 19.7 Å². The van der Waals surface area contributed by atoms with Crippen LogP contribution in [0.25, 0.3) is 11.1 Å². The Bertz CT molecular complexity index is 980. The Labute approximate surface area is 177 Å². The maximum Gasteiger partial charge on any atom is 0.149 e. The van der Waals surface area contributed by atoms with Crippen molar-refractivity contribution in [1.82, 2.24) is 9.88 Å². The average Bonchev–Trinajstić information content (AvgIpc) is 3.27. The maximum absolute atomic E-state index is 5.93. The third-order valence-corrected chi connectivity index (χ3v) is 5.25. The van der Waals surface area contributed by atoms with Gasteiger partial charge < -0.3 is 4.74 Å². The predicted octanol–water partition coefficient (Wildman–Crippen LogP) is 5.43. The largest absolute Gasteiger partial charge is 0.481 e. The lowest BCUT2D eigenvalue weighted by molar-refractivity contribution is 0.330. The second-order valence-electron chi connectivity index (χ2n) is 7.16. The maximum atomic E-state index is 5.93. The minimum absolute atomic E-state index is 0.339. The molecule has 1 aliphatic heterocycles. The van der Waals surface area contributed by atoms with E-state index in [1.807, 2.05) is 54.7 Å². The van der Waals surface area contributed by atoms with Crippen LogP contribution >= 0.6 is 11.6 Å². The Hall–Kier alpha value is -2.80. The fourth-order valence-corrected chi connectivity index (χ4v) is 3.54. The second kappa shape index (κ2) is 9.60. The zero-order chi connectivity index (χ0) is 19.9. The van der Waals surface area contributed by atoms with Crippen molar-refractivity contribution in [2.24, 2.45) is 0 Å². The molecule has 3 nitrogen and oxygen atoms in total. The molecule has 0 atom stereocenters. The summed E-state index contributed by atoms with van der Waals surface area (Å²) < 4.78 is 5.73. The van der Waals surface area contributed by atoms with E-state index in [0.717, 1.165) is 34.1 Å². The van der Waals surface area contributed by atoms with Gasteiger partial charge in [-0.25, -0.2) is 4.98 Å². The molecule has 1 aromatic heterocycles. The molecular weight excluding hydrogens is 380 g/mol. The van der Waals surface area contributed by atoms with Crippen LogP contribution in [0.15, 0.2) is 66.9 Å². The number of likely N-dealkylation sites (tertiary alicyclic amines) is 1. The molecule has 0 aliphatic carbocycles. The number of pyridine rings is 1. The van der Waals surface area contributed by atoms with Crippen molar-refractivity contribution < 1.29 is 4.74 Å². The normalized spacial score (nSPS) is 13.7. The molecule has 0 saturated carbocycles. The first-order valence-electron chi connectivity index (χ1n) is 9.91. The van der Waals surface area contributed by atoms with Crippen LogP contribution in [-0.4, -0.2) is 29.6 Å². The third-order valence-electron chi connectivity index (χ3n) is 5.00. The van der Waals surface area contributed by atoms with Crippen molar-refractivity contribution in [1.29, 1.82) is 0 Å². The summed E-state index contributed by atoms with van der Waals surface area (Å²) in [4.78, 5) is 6.91. The fourth-order valence-electron chi connectivity index (χ4n) is 3.42. The van der Waals surface area contributed by atoms with E-state index in [1.165, 1.54) is 31.5 Å². The number of aromatic nitrogens is 1. The Morgan fingerprint density at radius 1 is 0.897 bits per heavy atom. The van der Waals surface area contributed by atoms with Gasteiger partial charge in [0.15, 0.2) is 0 Å². The molecule has 2 aromatic carbocycles. The smallest absolute Gasteiger partial charge is 0.149 e. The van der Waals surface area contributed by atoms with E-state index < -0.39 is 0 Å². The summed E-state index contributed by atoms with van der Waals surface area (Å²) in [5, 5.41) is 0.727. The van der Waals surface area contributed by atoms with Crippen LogP contribution in [0.3, 0.4) is 0 Å². The first kappa shape index (κ1) is 19.5. The van der Waals surface area contributed by atoms with E-state index in [1.54, 1.807) is 0 Å². The molecule has 0 bridgehead atoms. The van der Waals surface area contributed by atoms with Gasteiger partial charge in [0, 0.05) is 23.3 Å². The van der Waals surface area contributed by atoms with Gasteiger partial charge in [0.25, 0.3) is 0 Å². The number of rotatable bonds is 5. The molecule has 4 rings (SSSR count). The highest BCUT2D eigenvalue weighted by atomic mass is 35.5. The van der Waals surface area contributed by atoms with Gasteiger partial charge in [0.2, 0.25) is 0 Å². The molecule has 1 aliphatic rings. The fraction of sp³-hybridized carbons (Fsp3) is 0.240. The van der Waals surface area contributed by atoms with E-state index in [-0.39, 0.29) is 0 Å².